The van der Waals surface area contributed by atoms with Gasteiger partial charge in [-0.05, 0) is 45.8 Å². The Morgan fingerprint density at radius 2 is 1.94 bits per heavy atom. The fourth-order valence-corrected chi connectivity index (χ4v) is 3.41. The Morgan fingerprint density at radius 1 is 1.28 bits per heavy atom. The van der Waals surface area contributed by atoms with Crippen molar-refractivity contribution in [2.45, 2.75) is 45.3 Å². The average molecular weight is 272 g/mol. The lowest BCUT2D eigenvalue weighted by Crippen LogP contribution is -2.49. The third kappa shape index (κ3) is 3.12. The van der Waals surface area contributed by atoms with Crippen LogP contribution >= 0.6 is 11.9 Å². The summed E-state index contributed by atoms with van der Waals surface area (Å²) in [6, 6.07) is 0.348. The van der Waals surface area contributed by atoms with Crippen LogP contribution < -0.4 is 0 Å². The normalized spacial score (nSPS) is 29.2. The number of nitrogens with zero attached hydrogens (tertiary/aromatic N) is 2. The minimum absolute atomic E-state index is 0.141. The average Bonchev–Trinajstić information content (AvgIpc) is 2.69. The van der Waals surface area contributed by atoms with Crippen LogP contribution in [0.15, 0.2) is 0 Å². The van der Waals surface area contributed by atoms with Gasteiger partial charge in [-0.3, -0.25) is 0 Å². The predicted octanol–water partition coefficient (Wildman–Crippen LogP) is 2.60. The molecule has 0 aromatic rings. The van der Waals surface area contributed by atoms with Crippen LogP contribution in [0.2, 0.25) is 0 Å². The van der Waals surface area contributed by atoms with Gasteiger partial charge in [0.2, 0.25) is 0 Å². The fourth-order valence-electron chi connectivity index (χ4n) is 2.82. The van der Waals surface area contributed by atoms with Crippen molar-refractivity contribution in [1.82, 2.24) is 9.21 Å². The summed E-state index contributed by atoms with van der Waals surface area (Å²) >= 11 is 1.78. The lowest BCUT2D eigenvalue weighted by atomic mass is 9.93. The highest BCUT2D eigenvalue weighted by atomic mass is 32.2. The van der Waals surface area contributed by atoms with Crippen LogP contribution in [0, 0.1) is 5.92 Å². The number of fused-ring (bicyclic) bond motifs is 1. The quantitative estimate of drug-likeness (QED) is 0.687. The van der Waals surface area contributed by atoms with Crippen LogP contribution in [-0.4, -0.2) is 52.8 Å². The molecule has 4 nitrogen and oxygen atoms in total. The molecule has 0 spiro atoms. The number of carbonyl (C=O) groups is 1. The number of hydrogen-bond donors (Lipinski definition) is 0. The van der Waals surface area contributed by atoms with Gasteiger partial charge < -0.3 is 9.64 Å². The SMILES string of the molecule is CSN1CCC2CCN(C(=O)OC(C)(C)C)C2C1. The number of rotatable bonds is 1. The molecule has 2 aliphatic rings. The minimum atomic E-state index is -0.400. The Kier molecular flexibility index (Phi) is 4.11. The number of hydrogen-bond acceptors (Lipinski definition) is 4. The van der Waals surface area contributed by atoms with Gasteiger partial charge in [-0.2, -0.15) is 0 Å². The van der Waals surface area contributed by atoms with Crippen LogP contribution in [0.3, 0.4) is 0 Å². The number of piperidine rings is 1. The summed E-state index contributed by atoms with van der Waals surface area (Å²) in [5.74, 6) is 0.668. The van der Waals surface area contributed by atoms with Gasteiger partial charge in [0, 0.05) is 19.6 Å². The van der Waals surface area contributed by atoms with E-state index in [0.717, 1.165) is 26.1 Å². The maximum atomic E-state index is 12.2. The zero-order valence-corrected chi connectivity index (χ0v) is 12.6. The van der Waals surface area contributed by atoms with E-state index in [4.69, 9.17) is 4.74 Å². The van der Waals surface area contributed by atoms with Gasteiger partial charge >= 0.3 is 6.09 Å². The highest BCUT2D eigenvalue weighted by Crippen LogP contribution is 2.34. The number of ether oxygens (including phenoxy) is 1. The molecule has 2 atom stereocenters. The smallest absolute Gasteiger partial charge is 0.410 e. The second kappa shape index (κ2) is 5.29. The number of amides is 1. The molecule has 0 N–H and O–H groups in total. The van der Waals surface area contributed by atoms with Crippen molar-refractivity contribution < 1.29 is 9.53 Å². The molecule has 2 aliphatic heterocycles. The van der Waals surface area contributed by atoms with Gasteiger partial charge in [0.15, 0.2) is 0 Å². The Hall–Kier alpha value is -0.420. The fraction of sp³-hybridized carbons (Fsp3) is 0.923. The van der Waals surface area contributed by atoms with Crippen molar-refractivity contribution in [3.05, 3.63) is 0 Å². The standard InChI is InChI=1S/C13H24N2O2S/c1-13(2,3)17-12(16)15-8-6-10-5-7-14(18-4)9-11(10)15/h10-11H,5-9H2,1-4H3. The van der Waals surface area contributed by atoms with Gasteiger partial charge in [0.25, 0.3) is 0 Å². The van der Waals surface area contributed by atoms with Crippen molar-refractivity contribution in [3.63, 3.8) is 0 Å². The Morgan fingerprint density at radius 3 is 2.56 bits per heavy atom. The second-order valence-electron chi connectivity index (χ2n) is 6.15. The van der Waals surface area contributed by atoms with Crippen molar-refractivity contribution in [1.29, 1.82) is 0 Å². The maximum Gasteiger partial charge on any atom is 0.410 e. The first-order chi connectivity index (χ1) is 8.40. The highest BCUT2D eigenvalue weighted by Gasteiger charge is 2.41. The van der Waals surface area contributed by atoms with E-state index in [1.54, 1.807) is 11.9 Å². The number of carbonyl (C=O) groups excluding carboxylic acids is 1. The first-order valence-electron chi connectivity index (χ1n) is 6.69. The highest BCUT2D eigenvalue weighted by molar-refractivity contribution is 7.96. The van der Waals surface area contributed by atoms with Gasteiger partial charge in [-0.1, -0.05) is 11.9 Å². The molecule has 1 amide bonds. The molecule has 5 heteroatoms. The predicted molar refractivity (Wildman–Crippen MR) is 74.5 cm³/mol. The molecule has 2 rings (SSSR count). The van der Waals surface area contributed by atoms with E-state index >= 15 is 0 Å². The molecule has 0 saturated carbocycles. The van der Waals surface area contributed by atoms with Crippen LogP contribution in [0.25, 0.3) is 0 Å². The van der Waals surface area contributed by atoms with Crippen molar-refractivity contribution >= 4 is 18.0 Å². The van der Waals surface area contributed by atoms with Gasteiger partial charge in [0.1, 0.15) is 5.60 Å². The summed E-state index contributed by atoms with van der Waals surface area (Å²) in [6.07, 6.45) is 4.29. The van der Waals surface area contributed by atoms with E-state index in [9.17, 15) is 4.79 Å². The van der Waals surface area contributed by atoms with E-state index in [2.05, 4.69) is 10.6 Å². The molecule has 0 radical (unpaired) electrons. The summed E-state index contributed by atoms with van der Waals surface area (Å²) in [4.78, 5) is 14.1. The van der Waals surface area contributed by atoms with Gasteiger partial charge in [0.05, 0.1) is 6.04 Å². The molecule has 2 saturated heterocycles. The number of likely N-dealkylation sites (tertiary alicyclic amines) is 1. The topological polar surface area (TPSA) is 32.8 Å². The molecule has 0 bridgehead atoms. The Labute approximate surface area is 114 Å². The van der Waals surface area contributed by atoms with Crippen LogP contribution in [0.5, 0.6) is 0 Å². The molecule has 2 heterocycles. The first kappa shape index (κ1) is 14.0. The third-order valence-corrected chi connectivity index (χ3v) is 4.56. The molecule has 2 unspecified atom stereocenters. The molecular formula is C13H24N2O2S. The monoisotopic (exact) mass is 272 g/mol. The van der Waals surface area contributed by atoms with Gasteiger partial charge in [-0.25, -0.2) is 9.10 Å². The molecule has 0 aliphatic carbocycles. The lowest BCUT2D eigenvalue weighted by Gasteiger charge is -2.37. The minimum Gasteiger partial charge on any atom is -0.444 e. The largest absolute Gasteiger partial charge is 0.444 e. The van der Waals surface area contributed by atoms with Crippen LogP contribution in [-0.2, 0) is 4.74 Å². The van der Waals surface area contributed by atoms with Crippen LogP contribution in [0.1, 0.15) is 33.6 Å². The van der Waals surface area contributed by atoms with E-state index in [1.807, 2.05) is 25.7 Å². The first-order valence-corrected chi connectivity index (χ1v) is 7.87. The van der Waals surface area contributed by atoms with E-state index < -0.39 is 5.60 Å². The van der Waals surface area contributed by atoms with Crippen molar-refractivity contribution in [2.24, 2.45) is 5.92 Å². The third-order valence-electron chi connectivity index (χ3n) is 3.71. The summed E-state index contributed by atoms with van der Waals surface area (Å²) < 4.78 is 7.85. The molecule has 104 valence electrons. The van der Waals surface area contributed by atoms with Crippen molar-refractivity contribution in [3.8, 4) is 0 Å². The maximum absolute atomic E-state index is 12.2. The molecule has 0 aromatic carbocycles. The lowest BCUT2D eigenvalue weighted by molar-refractivity contribution is 0.0170. The van der Waals surface area contributed by atoms with E-state index in [-0.39, 0.29) is 6.09 Å². The van der Waals surface area contributed by atoms with Crippen LogP contribution in [0.4, 0.5) is 4.79 Å². The van der Waals surface area contributed by atoms with Gasteiger partial charge in [-0.15, -0.1) is 0 Å². The van der Waals surface area contributed by atoms with Crippen molar-refractivity contribution in [2.75, 3.05) is 25.9 Å². The Balaban J connectivity index is 1.99. The summed E-state index contributed by atoms with van der Waals surface area (Å²) in [6.45, 7) is 8.75. The van der Waals surface area contributed by atoms with E-state index in [0.29, 0.717) is 12.0 Å². The summed E-state index contributed by atoms with van der Waals surface area (Å²) in [5, 5.41) is 0. The zero-order valence-electron chi connectivity index (χ0n) is 11.8. The zero-order chi connectivity index (χ0) is 13.3. The summed E-state index contributed by atoms with van der Waals surface area (Å²) in [7, 11) is 0. The molecule has 2 fully saturated rings. The molecular weight excluding hydrogens is 248 g/mol. The molecule has 0 aromatic heterocycles. The molecule has 18 heavy (non-hydrogen) atoms. The van der Waals surface area contributed by atoms with E-state index in [1.165, 1.54) is 6.42 Å². The Bertz CT molecular complexity index is 317. The summed E-state index contributed by atoms with van der Waals surface area (Å²) in [5.41, 5.74) is -0.400. The second-order valence-corrected chi connectivity index (χ2v) is 7.03.